The number of nitrogens with one attached hydrogen (secondary N) is 1. The molecule has 96 valence electrons. The van der Waals surface area contributed by atoms with Gasteiger partial charge in [0.05, 0.1) is 5.75 Å². The molecular formula is C13H22N2OS. The predicted octanol–water partition coefficient (Wildman–Crippen LogP) is 3.23. The average molecular weight is 254 g/mol. The number of hydrogen-bond acceptors (Lipinski definition) is 3. The number of aromatic nitrogens is 2. The van der Waals surface area contributed by atoms with Gasteiger partial charge in [-0.15, -0.1) is 0 Å². The largest absolute Gasteiger partial charge is 0.310 e. The summed E-state index contributed by atoms with van der Waals surface area (Å²) < 4.78 is 0. The first-order chi connectivity index (χ1) is 7.95. The molecule has 0 aliphatic rings. The average Bonchev–Trinajstić information content (AvgIpc) is 2.24. The van der Waals surface area contributed by atoms with Crippen LogP contribution in [-0.4, -0.2) is 15.2 Å². The molecule has 1 aromatic heterocycles. The molecule has 3 nitrogen and oxygen atoms in total. The quantitative estimate of drug-likeness (QED) is 0.877. The molecule has 1 heterocycles. The highest BCUT2D eigenvalue weighted by Crippen LogP contribution is 2.18. The van der Waals surface area contributed by atoms with Crippen LogP contribution in [0.4, 0.5) is 0 Å². The van der Waals surface area contributed by atoms with Crippen molar-refractivity contribution in [3.8, 4) is 0 Å². The molecular weight excluding hydrogens is 232 g/mol. The lowest BCUT2D eigenvalue weighted by Crippen LogP contribution is -2.20. The van der Waals surface area contributed by atoms with E-state index in [1.165, 1.54) is 0 Å². The van der Waals surface area contributed by atoms with Crippen LogP contribution in [0, 0.1) is 6.92 Å². The molecule has 0 aliphatic heterocycles. The summed E-state index contributed by atoms with van der Waals surface area (Å²) in [5, 5.41) is 0.602. The highest BCUT2D eigenvalue weighted by atomic mass is 32.2. The van der Waals surface area contributed by atoms with E-state index in [-0.39, 0.29) is 11.5 Å². The maximum atomic E-state index is 11.9. The number of aryl methyl sites for hydroxylation is 1. The lowest BCUT2D eigenvalue weighted by atomic mass is 10.0. The van der Waals surface area contributed by atoms with Crippen molar-refractivity contribution in [2.24, 2.45) is 0 Å². The van der Waals surface area contributed by atoms with Crippen LogP contribution in [0.5, 0.6) is 0 Å². The number of thioether (sulfide) groups is 1. The van der Waals surface area contributed by atoms with Crippen LogP contribution in [0.15, 0.2) is 4.79 Å². The van der Waals surface area contributed by atoms with Gasteiger partial charge in [0.1, 0.15) is 5.82 Å². The van der Waals surface area contributed by atoms with Crippen LogP contribution in [0.2, 0.25) is 0 Å². The molecule has 0 aromatic carbocycles. The van der Waals surface area contributed by atoms with Crippen molar-refractivity contribution in [3.63, 3.8) is 0 Å². The fourth-order valence-corrected chi connectivity index (χ4v) is 2.56. The van der Waals surface area contributed by atoms with Crippen LogP contribution in [0.3, 0.4) is 0 Å². The van der Waals surface area contributed by atoms with E-state index in [1.807, 2.05) is 32.5 Å². The summed E-state index contributed by atoms with van der Waals surface area (Å²) in [7, 11) is 0. The monoisotopic (exact) mass is 254 g/mol. The van der Waals surface area contributed by atoms with Gasteiger partial charge in [-0.3, -0.25) is 4.79 Å². The Kier molecular flexibility index (Phi) is 5.25. The van der Waals surface area contributed by atoms with E-state index < -0.39 is 0 Å². The Morgan fingerprint density at radius 2 is 2.00 bits per heavy atom. The van der Waals surface area contributed by atoms with Gasteiger partial charge in [0.25, 0.3) is 5.56 Å². The molecule has 0 bridgehead atoms. The molecule has 1 aromatic rings. The second kappa shape index (κ2) is 6.24. The lowest BCUT2D eigenvalue weighted by molar-refractivity contribution is 0.798. The highest BCUT2D eigenvalue weighted by Gasteiger charge is 2.11. The molecule has 1 N–H and O–H groups in total. The third-order valence-corrected chi connectivity index (χ3v) is 4.19. The Hall–Kier alpha value is -0.770. The number of H-pyrrole nitrogens is 1. The molecule has 0 radical (unpaired) electrons. The molecule has 0 fully saturated rings. The molecule has 17 heavy (non-hydrogen) atoms. The third kappa shape index (κ3) is 3.87. The zero-order valence-electron chi connectivity index (χ0n) is 11.3. The fraction of sp³-hybridized carbons (Fsp3) is 0.692. The first-order valence-electron chi connectivity index (χ1n) is 6.17. The summed E-state index contributed by atoms with van der Waals surface area (Å²) in [5.74, 6) is 1.80. The first kappa shape index (κ1) is 14.3. The Balaban J connectivity index is 2.88. The standard InChI is InChI=1S/C13H22N2OS/c1-6-9(4)17-7-11-14-10(5)12(8(2)3)13(16)15-11/h8-9H,6-7H2,1-5H3,(H,14,15,16). The molecule has 0 amide bonds. The van der Waals surface area contributed by atoms with E-state index in [1.54, 1.807) is 0 Å². The SMILES string of the molecule is CCC(C)SCc1nc(C)c(C(C)C)c(=O)[nH]1. The van der Waals surface area contributed by atoms with Crippen LogP contribution in [0.25, 0.3) is 0 Å². The summed E-state index contributed by atoms with van der Waals surface area (Å²) in [4.78, 5) is 19.3. The molecule has 0 spiro atoms. The number of rotatable bonds is 5. The smallest absolute Gasteiger partial charge is 0.254 e. The van der Waals surface area contributed by atoms with E-state index in [4.69, 9.17) is 0 Å². The van der Waals surface area contributed by atoms with Crippen LogP contribution >= 0.6 is 11.8 Å². The van der Waals surface area contributed by atoms with Crippen LogP contribution in [-0.2, 0) is 5.75 Å². The first-order valence-corrected chi connectivity index (χ1v) is 7.21. The van der Waals surface area contributed by atoms with E-state index >= 15 is 0 Å². The van der Waals surface area contributed by atoms with Gasteiger partial charge in [0.15, 0.2) is 0 Å². The van der Waals surface area contributed by atoms with Crippen LogP contribution < -0.4 is 5.56 Å². The molecule has 4 heteroatoms. The molecule has 0 saturated heterocycles. The van der Waals surface area contributed by atoms with Gasteiger partial charge in [0.2, 0.25) is 0 Å². The van der Waals surface area contributed by atoms with Gasteiger partial charge >= 0.3 is 0 Å². The number of nitrogens with zero attached hydrogens (tertiary/aromatic N) is 1. The van der Waals surface area contributed by atoms with Crippen molar-refractivity contribution in [1.29, 1.82) is 0 Å². The van der Waals surface area contributed by atoms with E-state index in [2.05, 4.69) is 23.8 Å². The molecule has 1 unspecified atom stereocenters. The van der Waals surface area contributed by atoms with Crippen molar-refractivity contribution in [2.75, 3.05) is 0 Å². The minimum atomic E-state index is 0.0206. The number of hydrogen-bond donors (Lipinski definition) is 1. The van der Waals surface area contributed by atoms with Gasteiger partial charge in [-0.05, 0) is 19.3 Å². The van der Waals surface area contributed by atoms with E-state index in [0.29, 0.717) is 5.25 Å². The van der Waals surface area contributed by atoms with Crippen molar-refractivity contribution >= 4 is 11.8 Å². The summed E-state index contributed by atoms with van der Waals surface area (Å²) in [6.07, 6.45) is 1.14. The predicted molar refractivity (Wildman–Crippen MR) is 74.7 cm³/mol. The molecule has 0 aliphatic carbocycles. The Morgan fingerprint density at radius 1 is 1.35 bits per heavy atom. The minimum absolute atomic E-state index is 0.0206. The van der Waals surface area contributed by atoms with Gasteiger partial charge in [-0.2, -0.15) is 11.8 Å². The Bertz CT molecular complexity index is 426. The summed E-state index contributed by atoms with van der Waals surface area (Å²) in [6.45, 7) is 10.3. The lowest BCUT2D eigenvalue weighted by Gasteiger charge is -2.11. The van der Waals surface area contributed by atoms with Crippen molar-refractivity contribution in [1.82, 2.24) is 9.97 Å². The van der Waals surface area contributed by atoms with Gasteiger partial charge in [-0.1, -0.05) is 27.7 Å². The van der Waals surface area contributed by atoms with E-state index in [9.17, 15) is 4.79 Å². The highest BCUT2D eigenvalue weighted by molar-refractivity contribution is 7.99. The molecule has 1 rings (SSSR count). The molecule has 1 atom stereocenters. The minimum Gasteiger partial charge on any atom is -0.310 e. The maximum absolute atomic E-state index is 11.9. The zero-order chi connectivity index (χ0) is 13.0. The summed E-state index contributed by atoms with van der Waals surface area (Å²) in [5.41, 5.74) is 1.69. The van der Waals surface area contributed by atoms with Gasteiger partial charge in [-0.25, -0.2) is 4.98 Å². The van der Waals surface area contributed by atoms with Crippen LogP contribution in [0.1, 0.15) is 57.1 Å². The summed E-state index contributed by atoms with van der Waals surface area (Å²) >= 11 is 1.83. The number of aromatic amines is 1. The van der Waals surface area contributed by atoms with Crippen molar-refractivity contribution < 1.29 is 0 Å². The van der Waals surface area contributed by atoms with E-state index in [0.717, 1.165) is 29.3 Å². The third-order valence-electron chi connectivity index (χ3n) is 2.85. The zero-order valence-corrected chi connectivity index (χ0v) is 12.1. The van der Waals surface area contributed by atoms with Gasteiger partial charge in [0, 0.05) is 16.5 Å². The normalized spacial score (nSPS) is 13.1. The van der Waals surface area contributed by atoms with Crippen molar-refractivity contribution in [3.05, 3.63) is 27.4 Å². The summed E-state index contributed by atoms with van der Waals surface area (Å²) in [6, 6.07) is 0. The Labute approximate surface area is 107 Å². The molecule has 0 saturated carbocycles. The van der Waals surface area contributed by atoms with Crippen molar-refractivity contribution in [2.45, 2.75) is 58.0 Å². The fourth-order valence-electron chi connectivity index (χ4n) is 1.74. The second-order valence-corrected chi connectivity index (χ2v) is 6.12. The topological polar surface area (TPSA) is 45.8 Å². The van der Waals surface area contributed by atoms with Gasteiger partial charge < -0.3 is 4.98 Å². The Morgan fingerprint density at radius 3 is 2.47 bits per heavy atom. The second-order valence-electron chi connectivity index (χ2n) is 4.70. The maximum Gasteiger partial charge on any atom is 0.254 e.